The molecule has 0 saturated carbocycles. The molecule has 0 spiro atoms. The molecule has 1 saturated heterocycles. The van der Waals surface area contributed by atoms with E-state index < -0.39 is 0 Å². The first-order chi connectivity index (χ1) is 4.79. The van der Waals surface area contributed by atoms with Gasteiger partial charge in [-0.15, -0.1) is 0 Å². The lowest BCUT2D eigenvalue weighted by molar-refractivity contribution is 0.271. The molecule has 0 aromatic heterocycles. The van der Waals surface area contributed by atoms with Gasteiger partial charge in [-0.2, -0.15) is 0 Å². The fourth-order valence-electron chi connectivity index (χ4n) is 1.50. The highest BCUT2D eigenvalue weighted by molar-refractivity contribution is 4.69. The van der Waals surface area contributed by atoms with Crippen molar-refractivity contribution in [3.8, 4) is 0 Å². The van der Waals surface area contributed by atoms with Gasteiger partial charge in [0.1, 0.15) is 0 Å². The molecular weight excluding hydrogens is 124 g/mol. The molecule has 1 radical (unpaired) electrons. The van der Waals surface area contributed by atoms with Crippen molar-refractivity contribution in [2.45, 2.75) is 12.8 Å². The van der Waals surface area contributed by atoms with Gasteiger partial charge in [0.05, 0.1) is 0 Å². The van der Waals surface area contributed by atoms with Crippen molar-refractivity contribution in [3.05, 3.63) is 0 Å². The van der Waals surface area contributed by atoms with E-state index in [0.717, 1.165) is 19.0 Å². The Balaban J connectivity index is 2.13. The minimum absolute atomic E-state index is 0.910. The van der Waals surface area contributed by atoms with Crippen LogP contribution in [0.25, 0.3) is 0 Å². The van der Waals surface area contributed by atoms with Crippen LogP contribution in [0.3, 0.4) is 0 Å². The van der Waals surface area contributed by atoms with Crippen LogP contribution in [0.1, 0.15) is 12.8 Å². The van der Waals surface area contributed by atoms with Crippen LogP contribution >= 0.6 is 0 Å². The van der Waals surface area contributed by atoms with Crippen LogP contribution in [0.4, 0.5) is 0 Å². The largest absolute Gasteiger partial charge is 0.309 e. The first kappa shape index (κ1) is 8.02. The van der Waals surface area contributed by atoms with E-state index in [0.29, 0.717) is 0 Å². The minimum Gasteiger partial charge on any atom is -0.309 e. The maximum absolute atomic E-state index is 4.32. The van der Waals surface area contributed by atoms with Gasteiger partial charge in [0, 0.05) is 19.6 Å². The van der Waals surface area contributed by atoms with Gasteiger partial charge in [0.15, 0.2) is 0 Å². The zero-order valence-electron chi connectivity index (χ0n) is 7.01. The van der Waals surface area contributed by atoms with E-state index in [1.54, 1.807) is 0 Å². The summed E-state index contributed by atoms with van der Waals surface area (Å²) in [6, 6.07) is 0. The summed E-state index contributed by atoms with van der Waals surface area (Å²) in [6.07, 6.45) is 2.61. The second-order valence-electron chi connectivity index (χ2n) is 3.38. The van der Waals surface area contributed by atoms with E-state index >= 15 is 0 Å². The molecular formula is C8H17N2. The Labute approximate surface area is 63.6 Å². The van der Waals surface area contributed by atoms with Crippen LogP contribution < -0.4 is 5.32 Å². The maximum atomic E-state index is 4.32. The Bertz CT molecular complexity index is 85.3. The Morgan fingerprint density at radius 2 is 1.90 bits per heavy atom. The molecule has 1 fully saturated rings. The monoisotopic (exact) mass is 141 g/mol. The standard InChI is InChI=1S/C8H17N2/c1-10(2)7-8-3-5-9-6-4-8/h8H,3-7H2,1-2H3. The van der Waals surface area contributed by atoms with Gasteiger partial charge in [0.2, 0.25) is 0 Å². The molecule has 0 N–H and O–H groups in total. The first-order valence-electron chi connectivity index (χ1n) is 4.07. The summed E-state index contributed by atoms with van der Waals surface area (Å²) in [5.41, 5.74) is 0. The van der Waals surface area contributed by atoms with Gasteiger partial charge in [-0.3, -0.25) is 0 Å². The number of piperidine rings is 1. The van der Waals surface area contributed by atoms with Crippen molar-refractivity contribution in [2.75, 3.05) is 33.7 Å². The van der Waals surface area contributed by atoms with E-state index in [4.69, 9.17) is 0 Å². The van der Waals surface area contributed by atoms with Gasteiger partial charge >= 0.3 is 0 Å². The van der Waals surface area contributed by atoms with E-state index in [1.165, 1.54) is 19.4 Å². The molecule has 2 nitrogen and oxygen atoms in total. The molecule has 0 unspecified atom stereocenters. The molecule has 0 aliphatic carbocycles. The fraction of sp³-hybridized carbons (Fsp3) is 1.00. The molecule has 0 amide bonds. The van der Waals surface area contributed by atoms with Crippen LogP contribution in [-0.2, 0) is 0 Å². The van der Waals surface area contributed by atoms with E-state index in [9.17, 15) is 0 Å². The van der Waals surface area contributed by atoms with Crippen molar-refractivity contribution in [1.29, 1.82) is 0 Å². The lowest BCUT2D eigenvalue weighted by Crippen LogP contribution is -2.29. The predicted molar refractivity (Wildman–Crippen MR) is 43.1 cm³/mol. The lowest BCUT2D eigenvalue weighted by Gasteiger charge is -2.24. The molecule has 0 aromatic carbocycles. The third-order valence-corrected chi connectivity index (χ3v) is 2.01. The molecule has 59 valence electrons. The summed E-state index contributed by atoms with van der Waals surface area (Å²) in [7, 11) is 4.29. The molecule has 0 aromatic rings. The molecule has 1 aliphatic rings. The summed E-state index contributed by atoms with van der Waals surface area (Å²) < 4.78 is 0. The van der Waals surface area contributed by atoms with E-state index in [2.05, 4.69) is 24.3 Å². The summed E-state index contributed by atoms with van der Waals surface area (Å²) in [5.74, 6) is 0.910. The summed E-state index contributed by atoms with van der Waals surface area (Å²) in [6.45, 7) is 3.44. The predicted octanol–water partition coefficient (Wildman–Crippen LogP) is 0.562. The number of nitrogens with zero attached hydrogens (tertiary/aromatic N) is 2. The summed E-state index contributed by atoms with van der Waals surface area (Å²) in [4.78, 5) is 2.27. The van der Waals surface area contributed by atoms with Crippen molar-refractivity contribution in [1.82, 2.24) is 10.2 Å². The van der Waals surface area contributed by atoms with Crippen LogP contribution in [0.15, 0.2) is 0 Å². The number of hydrogen-bond donors (Lipinski definition) is 0. The highest BCUT2D eigenvalue weighted by atomic mass is 15.1. The first-order valence-corrected chi connectivity index (χ1v) is 4.07. The third-order valence-electron chi connectivity index (χ3n) is 2.01. The van der Waals surface area contributed by atoms with Crippen molar-refractivity contribution in [2.24, 2.45) is 5.92 Å². The number of hydrogen-bond acceptors (Lipinski definition) is 1. The van der Waals surface area contributed by atoms with Crippen LogP contribution in [0.2, 0.25) is 0 Å². The topological polar surface area (TPSA) is 17.3 Å². The molecule has 1 rings (SSSR count). The van der Waals surface area contributed by atoms with Crippen molar-refractivity contribution < 1.29 is 0 Å². The average molecular weight is 141 g/mol. The van der Waals surface area contributed by atoms with Gasteiger partial charge in [-0.1, -0.05) is 0 Å². The van der Waals surface area contributed by atoms with Crippen molar-refractivity contribution in [3.63, 3.8) is 0 Å². The van der Waals surface area contributed by atoms with E-state index in [-0.39, 0.29) is 0 Å². The molecule has 0 atom stereocenters. The second-order valence-corrected chi connectivity index (χ2v) is 3.38. The Kier molecular flexibility index (Phi) is 3.16. The minimum atomic E-state index is 0.910. The molecule has 1 aliphatic heterocycles. The smallest absolute Gasteiger partial charge is 0.0136 e. The Morgan fingerprint density at radius 3 is 2.40 bits per heavy atom. The second kappa shape index (κ2) is 3.94. The van der Waals surface area contributed by atoms with Gasteiger partial charge in [0.25, 0.3) is 0 Å². The molecule has 2 heteroatoms. The normalized spacial score (nSPS) is 21.9. The average Bonchev–Trinajstić information content (AvgIpc) is 1.88. The fourth-order valence-corrected chi connectivity index (χ4v) is 1.50. The quantitative estimate of drug-likeness (QED) is 0.549. The zero-order valence-corrected chi connectivity index (χ0v) is 7.01. The zero-order chi connectivity index (χ0) is 7.40. The van der Waals surface area contributed by atoms with Crippen LogP contribution in [0.5, 0.6) is 0 Å². The maximum Gasteiger partial charge on any atom is 0.0136 e. The van der Waals surface area contributed by atoms with Crippen LogP contribution in [0, 0.1) is 5.92 Å². The van der Waals surface area contributed by atoms with Crippen molar-refractivity contribution >= 4 is 0 Å². The highest BCUT2D eigenvalue weighted by Gasteiger charge is 2.13. The Hall–Kier alpha value is -0.0800. The van der Waals surface area contributed by atoms with E-state index in [1.807, 2.05) is 0 Å². The third kappa shape index (κ3) is 2.67. The van der Waals surface area contributed by atoms with Gasteiger partial charge in [-0.25, -0.2) is 5.32 Å². The summed E-state index contributed by atoms with van der Waals surface area (Å²) in [5, 5.41) is 4.32. The highest BCUT2D eigenvalue weighted by Crippen LogP contribution is 2.12. The molecule has 10 heavy (non-hydrogen) atoms. The summed E-state index contributed by atoms with van der Waals surface area (Å²) >= 11 is 0. The molecule has 0 bridgehead atoms. The Morgan fingerprint density at radius 1 is 1.30 bits per heavy atom. The molecule has 1 heterocycles. The van der Waals surface area contributed by atoms with Crippen LogP contribution in [-0.4, -0.2) is 38.6 Å². The SMILES string of the molecule is CN(C)CC1CC[N]CC1. The number of rotatable bonds is 2. The lowest BCUT2D eigenvalue weighted by atomic mass is 9.98. The van der Waals surface area contributed by atoms with Gasteiger partial charge in [-0.05, 0) is 32.9 Å². The van der Waals surface area contributed by atoms with Gasteiger partial charge < -0.3 is 4.90 Å².